The summed E-state index contributed by atoms with van der Waals surface area (Å²) in [6.45, 7) is 5.07. The molecule has 1 aromatic heterocycles. The van der Waals surface area contributed by atoms with Crippen LogP contribution < -0.4 is 10.1 Å². The highest BCUT2D eigenvalue weighted by molar-refractivity contribution is 7.13. The van der Waals surface area contributed by atoms with Crippen molar-refractivity contribution in [1.29, 1.82) is 0 Å². The van der Waals surface area contributed by atoms with Gasteiger partial charge in [0.05, 0.1) is 11.7 Å². The van der Waals surface area contributed by atoms with Crippen molar-refractivity contribution in [3.05, 3.63) is 45.7 Å². The van der Waals surface area contributed by atoms with Crippen LogP contribution in [0.25, 0.3) is 0 Å². The van der Waals surface area contributed by atoms with E-state index in [9.17, 15) is 14.0 Å². The van der Waals surface area contributed by atoms with E-state index in [0.717, 1.165) is 11.3 Å². The highest BCUT2D eigenvalue weighted by Crippen LogP contribution is 2.24. The van der Waals surface area contributed by atoms with Crippen LogP contribution in [0.4, 0.5) is 4.39 Å². The second-order valence-electron chi connectivity index (χ2n) is 5.45. The van der Waals surface area contributed by atoms with Gasteiger partial charge in [0.2, 0.25) is 0 Å². The van der Waals surface area contributed by atoms with E-state index in [-0.39, 0.29) is 10.6 Å². The number of benzene rings is 1. The molecule has 0 aliphatic rings. The van der Waals surface area contributed by atoms with Gasteiger partial charge >= 0.3 is 5.97 Å². The molecule has 0 aliphatic heterocycles. The van der Waals surface area contributed by atoms with Gasteiger partial charge in [-0.1, -0.05) is 19.1 Å². The van der Waals surface area contributed by atoms with E-state index in [2.05, 4.69) is 10.3 Å². The molecule has 1 heterocycles. The molecule has 2 unspecified atom stereocenters. The fourth-order valence-electron chi connectivity index (χ4n) is 2.18. The predicted molar refractivity (Wildman–Crippen MR) is 91.5 cm³/mol. The summed E-state index contributed by atoms with van der Waals surface area (Å²) < 4.78 is 19.1. The lowest BCUT2D eigenvalue weighted by Crippen LogP contribution is -2.39. The zero-order valence-electron chi connectivity index (χ0n) is 14.1. The molecular weight excluding hydrogens is 347 g/mol. The molecule has 2 atom stereocenters. The van der Waals surface area contributed by atoms with Crippen LogP contribution in [0.3, 0.4) is 0 Å². The largest absolute Gasteiger partial charge is 0.478 e. The minimum Gasteiger partial charge on any atom is -0.478 e. The lowest BCUT2D eigenvalue weighted by atomic mass is 10.2. The van der Waals surface area contributed by atoms with Gasteiger partial charge in [0.15, 0.2) is 17.7 Å². The van der Waals surface area contributed by atoms with Gasteiger partial charge in [0.1, 0.15) is 9.88 Å². The maximum absolute atomic E-state index is 13.7. The summed E-state index contributed by atoms with van der Waals surface area (Å²) in [7, 11) is 0. The number of nitrogens with one attached hydrogen (secondary N) is 1. The third kappa shape index (κ3) is 4.54. The van der Waals surface area contributed by atoms with Gasteiger partial charge in [-0.3, -0.25) is 4.79 Å². The molecule has 0 aliphatic carbocycles. The minimum absolute atomic E-state index is 0.00964. The van der Waals surface area contributed by atoms with Crippen molar-refractivity contribution in [3.63, 3.8) is 0 Å². The normalized spacial score (nSPS) is 13.1. The molecule has 0 saturated carbocycles. The van der Waals surface area contributed by atoms with Crippen molar-refractivity contribution in [2.45, 2.75) is 39.3 Å². The first-order valence-corrected chi connectivity index (χ1v) is 8.57. The van der Waals surface area contributed by atoms with E-state index in [0.29, 0.717) is 17.1 Å². The zero-order valence-corrected chi connectivity index (χ0v) is 14.9. The van der Waals surface area contributed by atoms with Gasteiger partial charge < -0.3 is 15.2 Å². The first kappa shape index (κ1) is 18.9. The maximum atomic E-state index is 13.7. The van der Waals surface area contributed by atoms with Crippen molar-refractivity contribution in [2.75, 3.05) is 0 Å². The number of nitrogens with zero attached hydrogens (tertiary/aromatic N) is 1. The van der Waals surface area contributed by atoms with Crippen molar-refractivity contribution in [3.8, 4) is 5.75 Å². The Morgan fingerprint density at radius 2 is 2.08 bits per heavy atom. The molecule has 25 heavy (non-hydrogen) atoms. The number of thiazole rings is 1. The summed E-state index contributed by atoms with van der Waals surface area (Å²) >= 11 is 1.02. The average Bonchev–Trinajstić information content (AvgIpc) is 2.96. The second-order valence-corrected chi connectivity index (χ2v) is 6.48. The first-order chi connectivity index (χ1) is 11.8. The summed E-state index contributed by atoms with van der Waals surface area (Å²) in [5.41, 5.74) is 0.406. The highest BCUT2D eigenvalue weighted by atomic mass is 32.1. The predicted octanol–water partition coefficient (Wildman–Crippen LogP) is 3.32. The number of hydrogen-bond donors (Lipinski definition) is 2. The zero-order chi connectivity index (χ0) is 18.6. The van der Waals surface area contributed by atoms with E-state index in [1.165, 1.54) is 18.2 Å². The number of halogens is 1. The third-order valence-corrected chi connectivity index (χ3v) is 4.83. The van der Waals surface area contributed by atoms with Gasteiger partial charge in [-0.2, -0.15) is 0 Å². The number of aromatic nitrogens is 1. The molecule has 0 fully saturated rings. The lowest BCUT2D eigenvalue weighted by Gasteiger charge is -2.19. The Hall–Kier alpha value is -2.48. The number of aromatic carboxylic acids is 1. The molecule has 134 valence electrons. The molecule has 0 saturated heterocycles. The quantitative estimate of drug-likeness (QED) is 0.785. The Balaban J connectivity index is 2.07. The Kier molecular flexibility index (Phi) is 6.08. The SMILES string of the molecule is CCC(Oc1ccccc1F)C(=O)NC(C)c1nc(C)c(C(=O)O)s1. The molecule has 0 radical (unpaired) electrons. The van der Waals surface area contributed by atoms with Crippen molar-refractivity contribution in [1.82, 2.24) is 10.3 Å². The number of amides is 1. The minimum atomic E-state index is -1.05. The smallest absolute Gasteiger partial charge is 0.347 e. The average molecular weight is 366 g/mol. The van der Waals surface area contributed by atoms with E-state index in [1.807, 2.05) is 0 Å². The first-order valence-electron chi connectivity index (χ1n) is 7.75. The van der Waals surface area contributed by atoms with Crippen LogP contribution in [0.5, 0.6) is 5.75 Å². The maximum Gasteiger partial charge on any atom is 0.347 e. The summed E-state index contributed by atoms with van der Waals surface area (Å²) in [6, 6.07) is 5.39. The number of carbonyl (C=O) groups excluding carboxylic acids is 1. The summed E-state index contributed by atoms with van der Waals surface area (Å²) in [5, 5.41) is 12.3. The van der Waals surface area contributed by atoms with Gasteiger partial charge in [0, 0.05) is 0 Å². The third-order valence-electron chi connectivity index (χ3n) is 3.51. The second kappa shape index (κ2) is 8.06. The number of carboxylic acid groups (broad SMARTS) is 1. The van der Waals surface area contributed by atoms with E-state index < -0.39 is 29.8 Å². The molecule has 2 N–H and O–H groups in total. The Morgan fingerprint density at radius 1 is 1.40 bits per heavy atom. The van der Waals surface area contributed by atoms with Crippen LogP contribution in [0, 0.1) is 12.7 Å². The molecule has 1 amide bonds. The Morgan fingerprint density at radius 3 is 2.64 bits per heavy atom. The van der Waals surface area contributed by atoms with Gasteiger partial charge in [0.25, 0.3) is 5.91 Å². The number of hydrogen-bond acceptors (Lipinski definition) is 5. The van der Waals surface area contributed by atoms with Crippen molar-refractivity contribution in [2.24, 2.45) is 0 Å². The van der Waals surface area contributed by atoms with Gasteiger partial charge in [-0.15, -0.1) is 11.3 Å². The Bertz CT molecular complexity index is 778. The molecule has 6 nitrogen and oxygen atoms in total. The molecule has 8 heteroatoms. The molecule has 2 aromatic rings. The standard InChI is InChI=1S/C17H19FN2O4S/c1-4-12(24-13-8-6-5-7-11(13)18)15(21)19-10(3)16-20-9(2)14(25-16)17(22)23/h5-8,10,12H,4H2,1-3H3,(H,19,21)(H,22,23). The molecule has 0 bridgehead atoms. The van der Waals surface area contributed by atoms with Crippen molar-refractivity contribution >= 4 is 23.2 Å². The number of ether oxygens (including phenoxy) is 1. The molecule has 0 spiro atoms. The number of carbonyl (C=O) groups is 2. The number of aryl methyl sites for hydroxylation is 1. The number of para-hydroxylation sites is 1. The summed E-state index contributed by atoms with van der Waals surface area (Å²) in [5.74, 6) is -1.99. The van der Waals surface area contributed by atoms with E-state index in [4.69, 9.17) is 9.84 Å². The van der Waals surface area contributed by atoms with Crippen LogP contribution in [0.15, 0.2) is 24.3 Å². The summed E-state index contributed by atoms with van der Waals surface area (Å²) in [4.78, 5) is 27.8. The van der Waals surface area contributed by atoms with Crippen LogP contribution in [-0.4, -0.2) is 28.1 Å². The topological polar surface area (TPSA) is 88.5 Å². The van der Waals surface area contributed by atoms with Crippen LogP contribution in [0.1, 0.15) is 46.7 Å². The van der Waals surface area contributed by atoms with Gasteiger partial charge in [-0.05, 0) is 32.4 Å². The van der Waals surface area contributed by atoms with Crippen LogP contribution >= 0.6 is 11.3 Å². The monoisotopic (exact) mass is 366 g/mol. The molecule has 2 rings (SSSR count). The van der Waals surface area contributed by atoms with Gasteiger partial charge in [-0.25, -0.2) is 14.2 Å². The molecule has 1 aromatic carbocycles. The highest BCUT2D eigenvalue weighted by Gasteiger charge is 2.24. The summed E-state index contributed by atoms with van der Waals surface area (Å²) in [6.07, 6.45) is -0.510. The van der Waals surface area contributed by atoms with E-state index in [1.54, 1.807) is 26.8 Å². The van der Waals surface area contributed by atoms with Crippen LogP contribution in [0.2, 0.25) is 0 Å². The van der Waals surface area contributed by atoms with Crippen molar-refractivity contribution < 1.29 is 23.8 Å². The fraction of sp³-hybridized carbons (Fsp3) is 0.353. The number of rotatable bonds is 7. The van der Waals surface area contributed by atoms with E-state index >= 15 is 0 Å². The Labute approximate surface area is 148 Å². The molecular formula is C17H19FN2O4S. The van der Waals surface area contributed by atoms with Crippen LogP contribution in [-0.2, 0) is 4.79 Å². The fourth-order valence-corrected chi connectivity index (χ4v) is 3.09. The number of carboxylic acids is 1. The lowest BCUT2D eigenvalue weighted by molar-refractivity contribution is -0.128.